The van der Waals surface area contributed by atoms with Gasteiger partial charge in [-0.25, -0.2) is 0 Å². The van der Waals surface area contributed by atoms with Crippen molar-refractivity contribution in [3.05, 3.63) is 29.3 Å². The van der Waals surface area contributed by atoms with Crippen LogP contribution in [0.5, 0.6) is 0 Å². The molecule has 2 aliphatic rings. The molecule has 0 amide bonds. The van der Waals surface area contributed by atoms with Gasteiger partial charge in [0.2, 0.25) is 0 Å². The zero-order valence-corrected chi connectivity index (χ0v) is 11.7. The minimum absolute atomic E-state index is 0.0991. The molecule has 4 heteroatoms. The highest BCUT2D eigenvalue weighted by molar-refractivity contribution is 5.57. The molecule has 1 heterocycles. The molecule has 1 saturated carbocycles. The molecule has 2 fully saturated rings. The van der Waals surface area contributed by atoms with E-state index in [1.165, 1.54) is 0 Å². The molecule has 1 aliphatic carbocycles. The van der Waals surface area contributed by atoms with E-state index in [1.807, 2.05) is 12.1 Å². The Bertz CT molecular complexity index is 624. The van der Waals surface area contributed by atoms with E-state index in [0.717, 1.165) is 18.7 Å². The molecule has 4 nitrogen and oxygen atoms in total. The molecule has 1 aliphatic heterocycles. The van der Waals surface area contributed by atoms with Crippen molar-refractivity contribution in [1.29, 1.82) is 10.5 Å². The summed E-state index contributed by atoms with van der Waals surface area (Å²) in [5.41, 5.74) is 1.85. The quantitative estimate of drug-likeness (QED) is 0.894. The Kier molecular flexibility index (Phi) is 2.92. The van der Waals surface area contributed by atoms with Crippen molar-refractivity contribution < 1.29 is 4.74 Å². The van der Waals surface area contributed by atoms with Crippen molar-refractivity contribution in [3.63, 3.8) is 0 Å². The van der Waals surface area contributed by atoms with Crippen molar-refractivity contribution in [3.8, 4) is 12.1 Å². The summed E-state index contributed by atoms with van der Waals surface area (Å²) in [6.07, 6.45) is 1.43. The number of hydrogen-bond donors (Lipinski definition) is 1. The lowest BCUT2D eigenvalue weighted by Crippen LogP contribution is -2.63. The molecule has 1 saturated heterocycles. The normalized spacial score (nSPS) is 29.7. The summed E-state index contributed by atoms with van der Waals surface area (Å²) in [5, 5.41) is 21.6. The van der Waals surface area contributed by atoms with E-state index < -0.39 is 0 Å². The molecule has 1 aromatic rings. The van der Waals surface area contributed by atoms with E-state index in [-0.39, 0.29) is 5.41 Å². The van der Waals surface area contributed by atoms with Gasteiger partial charge in [0.25, 0.3) is 0 Å². The van der Waals surface area contributed by atoms with Gasteiger partial charge in [0.05, 0.1) is 17.2 Å². The highest BCUT2D eigenvalue weighted by Gasteiger charge is 2.59. The SMILES string of the molecule is CC1(C)C(Nc2ccc(C#N)c(C#N)c2)C2CCOC21. The average molecular weight is 267 g/mol. The third kappa shape index (κ3) is 1.77. The zero-order valence-electron chi connectivity index (χ0n) is 11.7. The van der Waals surface area contributed by atoms with E-state index in [0.29, 0.717) is 29.2 Å². The van der Waals surface area contributed by atoms with E-state index in [1.54, 1.807) is 12.1 Å². The summed E-state index contributed by atoms with van der Waals surface area (Å²) in [6, 6.07) is 9.81. The fourth-order valence-electron chi connectivity index (χ4n) is 3.62. The van der Waals surface area contributed by atoms with Gasteiger partial charge < -0.3 is 10.1 Å². The maximum absolute atomic E-state index is 9.08. The Labute approximate surface area is 119 Å². The van der Waals surface area contributed by atoms with Gasteiger partial charge in [-0.3, -0.25) is 0 Å². The van der Waals surface area contributed by atoms with Gasteiger partial charge in [-0.1, -0.05) is 13.8 Å². The summed E-state index contributed by atoms with van der Waals surface area (Å²) in [5.74, 6) is 0.547. The second-order valence-electron chi connectivity index (χ2n) is 6.17. The number of ether oxygens (including phenoxy) is 1. The molecule has 102 valence electrons. The maximum atomic E-state index is 9.08. The highest BCUT2D eigenvalue weighted by atomic mass is 16.5. The fourth-order valence-corrected chi connectivity index (χ4v) is 3.62. The predicted molar refractivity (Wildman–Crippen MR) is 74.9 cm³/mol. The second-order valence-corrected chi connectivity index (χ2v) is 6.17. The molecule has 1 N–H and O–H groups in total. The molecule has 1 aromatic carbocycles. The lowest BCUT2D eigenvalue weighted by Gasteiger charge is -2.55. The van der Waals surface area contributed by atoms with Crippen LogP contribution in [0, 0.1) is 34.0 Å². The second kappa shape index (κ2) is 4.51. The Morgan fingerprint density at radius 2 is 2.00 bits per heavy atom. The van der Waals surface area contributed by atoms with E-state index >= 15 is 0 Å². The molecule has 3 atom stereocenters. The first kappa shape index (κ1) is 13.0. The molecule has 3 unspecified atom stereocenters. The third-order valence-corrected chi connectivity index (χ3v) is 4.68. The molecule has 0 bridgehead atoms. The molecule has 3 rings (SSSR count). The number of fused-ring (bicyclic) bond motifs is 1. The van der Waals surface area contributed by atoms with Crippen LogP contribution in [0.3, 0.4) is 0 Å². The zero-order chi connectivity index (χ0) is 14.3. The van der Waals surface area contributed by atoms with Crippen LogP contribution in [0.2, 0.25) is 0 Å². The van der Waals surface area contributed by atoms with Gasteiger partial charge in [-0.05, 0) is 24.6 Å². The summed E-state index contributed by atoms with van der Waals surface area (Å²) in [4.78, 5) is 0. The molecule has 0 radical (unpaired) electrons. The molecular weight excluding hydrogens is 250 g/mol. The van der Waals surface area contributed by atoms with Crippen molar-refractivity contribution in [2.24, 2.45) is 11.3 Å². The first-order valence-corrected chi connectivity index (χ1v) is 6.90. The minimum Gasteiger partial charge on any atom is -0.381 e. The highest BCUT2D eigenvalue weighted by Crippen LogP contribution is 2.53. The standard InChI is InChI=1S/C16H17N3O/c1-16(2)14(13-5-6-20-15(13)16)19-12-4-3-10(8-17)11(7-12)9-18/h3-4,7,13-15,19H,5-6H2,1-2H3. The van der Waals surface area contributed by atoms with Crippen molar-refractivity contribution in [2.75, 3.05) is 11.9 Å². The van der Waals surface area contributed by atoms with Crippen LogP contribution < -0.4 is 5.32 Å². The van der Waals surface area contributed by atoms with Gasteiger partial charge in [0.15, 0.2) is 0 Å². The molecule has 0 spiro atoms. The van der Waals surface area contributed by atoms with Crippen LogP contribution in [0.25, 0.3) is 0 Å². The van der Waals surface area contributed by atoms with Crippen molar-refractivity contribution in [2.45, 2.75) is 32.4 Å². The van der Waals surface area contributed by atoms with Gasteiger partial charge in [-0.2, -0.15) is 10.5 Å². The Morgan fingerprint density at radius 1 is 1.25 bits per heavy atom. The van der Waals surface area contributed by atoms with Crippen LogP contribution in [-0.4, -0.2) is 18.8 Å². The number of rotatable bonds is 2. The maximum Gasteiger partial charge on any atom is 0.101 e. The molecule has 20 heavy (non-hydrogen) atoms. The van der Waals surface area contributed by atoms with E-state index in [2.05, 4.69) is 25.2 Å². The Morgan fingerprint density at radius 3 is 2.70 bits per heavy atom. The van der Waals surface area contributed by atoms with Crippen LogP contribution in [0.15, 0.2) is 18.2 Å². The lowest BCUT2D eigenvalue weighted by atomic mass is 9.57. The monoisotopic (exact) mass is 267 g/mol. The summed E-state index contributed by atoms with van der Waals surface area (Å²) in [7, 11) is 0. The van der Waals surface area contributed by atoms with Gasteiger partial charge in [0.1, 0.15) is 12.1 Å². The number of nitrogens with zero attached hydrogens (tertiary/aromatic N) is 2. The smallest absolute Gasteiger partial charge is 0.101 e. The summed E-state index contributed by atoms with van der Waals surface area (Å²) < 4.78 is 5.78. The van der Waals surface area contributed by atoms with Crippen molar-refractivity contribution >= 4 is 5.69 Å². The Hall–Kier alpha value is -2.04. The van der Waals surface area contributed by atoms with E-state index in [4.69, 9.17) is 15.3 Å². The van der Waals surface area contributed by atoms with Gasteiger partial charge >= 0.3 is 0 Å². The summed E-state index contributed by atoms with van der Waals surface area (Å²) in [6.45, 7) is 5.27. The van der Waals surface area contributed by atoms with Gasteiger partial charge in [0, 0.05) is 29.7 Å². The van der Waals surface area contributed by atoms with Crippen LogP contribution in [0.1, 0.15) is 31.4 Å². The first-order valence-electron chi connectivity index (χ1n) is 6.90. The van der Waals surface area contributed by atoms with E-state index in [9.17, 15) is 0 Å². The fraction of sp³-hybridized carbons (Fsp3) is 0.500. The number of anilines is 1. The number of benzene rings is 1. The molecular formula is C16H17N3O. The van der Waals surface area contributed by atoms with Crippen LogP contribution in [0.4, 0.5) is 5.69 Å². The topological polar surface area (TPSA) is 68.8 Å². The van der Waals surface area contributed by atoms with Crippen LogP contribution >= 0.6 is 0 Å². The first-order chi connectivity index (χ1) is 9.57. The van der Waals surface area contributed by atoms with Crippen LogP contribution in [-0.2, 0) is 4.74 Å². The largest absolute Gasteiger partial charge is 0.381 e. The number of nitriles is 2. The number of nitrogens with one attached hydrogen (secondary N) is 1. The predicted octanol–water partition coefficient (Wildman–Crippen LogP) is 2.66. The molecule has 0 aromatic heterocycles. The third-order valence-electron chi connectivity index (χ3n) is 4.68. The van der Waals surface area contributed by atoms with Crippen molar-refractivity contribution in [1.82, 2.24) is 0 Å². The lowest BCUT2D eigenvalue weighted by molar-refractivity contribution is -0.0923. The summed E-state index contributed by atoms with van der Waals surface area (Å²) >= 11 is 0. The van der Waals surface area contributed by atoms with Gasteiger partial charge in [-0.15, -0.1) is 0 Å². The average Bonchev–Trinajstić information content (AvgIpc) is 2.91. The minimum atomic E-state index is 0.0991. The number of hydrogen-bond acceptors (Lipinski definition) is 4. The Balaban J connectivity index is 1.82.